The van der Waals surface area contributed by atoms with Crippen LogP contribution in [-0.2, 0) is 6.42 Å². The van der Waals surface area contributed by atoms with Crippen LogP contribution in [0.2, 0.25) is 0 Å². The number of aryl methyl sites for hydroxylation is 1. The summed E-state index contributed by atoms with van der Waals surface area (Å²) < 4.78 is 0. The number of anilines is 1. The molecule has 3 nitrogen and oxygen atoms in total. The van der Waals surface area contributed by atoms with Gasteiger partial charge in [-0.2, -0.15) is 0 Å². The molecule has 0 spiro atoms. The lowest BCUT2D eigenvalue weighted by Gasteiger charge is -2.31. The zero-order chi connectivity index (χ0) is 14.9. The summed E-state index contributed by atoms with van der Waals surface area (Å²) in [4.78, 5) is 10.7. The Morgan fingerprint density at radius 3 is 2.95 bits per heavy atom. The summed E-state index contributed by atoms with van der Waals surface area (Å²) in [6.07, 6.45) is 3.62. The zero-order valence-electron chi connectivity index (χ0n) is 13.0. The molecule has 0 atom stereocenters. The van der Waals surface area contributed by atoms with Crippen molar-refractivity contribution in [3.63, 3.8) is 0 Å². The number of nitrogens with one attached hydrogen (secondary N) is 1. The van der Waals surface area contributed by atoms with Gasteiger partial charge in [0.05, 0.1) is 11.0 Å². The summed E-state index contributed by atoms with van der Waals surface area (Å²) in [5.74, 6) is 0.969. The predicted molar refractivity (Wildman–Crippen MR) is 92.4 cm³/mol. The molecule has 1 N–H and O–H groups in total. The molecule has 4 rings (SSSR count). The summed E-state index contributed by atoms with van der Waals surface area (Å²) in [5.41, 5.74) is 6.18. The third kappa shape index (κ3) is 2.27. The average Bonchev–Trinajstić information content (AvgIpc) is 2.99. The number of nitrogens with zero attached hydrogens (tertiary/aromatic N) is 2. The molecular formula is C19H21N3. The standard InChI is InChI=1S/C19H21N3/c1-2-11-22-12-5-6-14-13-15(9-10-18(14)22)19-20-16-7-3-4-8-17(16)21-19/h3-4,7-10,13H,2,5-6,11-12H2,1H3,(H,20,21). The number of fused-ring (bicyclic) bond motifs is 2. The van der Waals surface area contributed by atoms with E-state index < -0.39 is 0 Å². The maximum Gasteiger partial charge on any atom is 0.138 e. The Kier molecular flexibility index (Phi) is 3.34. The lowest BCUT2D eigenvalue weighted by Crippen LogP contribution is -2.29. The van der Waals surface area contributed by atoms with Gasteiger partial charge in [0.25, 0.3) is 0 Å². The van der Waals surface area contributed by atoms with Crippen LogP contribution in [-0.4, -0.2) is 23.1 Å². The van der Waals surface area contributed by atoms with Crippen LogP contribution in [0, 0.1) is 0 Å². The molecule has 1 aliphatic rings. The first-order valence-corrected chi connectivity index (χ1v) is 8.18. The first-order valence-electron chi connectivity index (χ1n) is 8.18. The zero-order valence-corrected chi connectivity index (χ0v) is 13.0. The monoisotopic (exact) mass is 291 g/mol. The molecule has 0 unspecified atom stereocenters. The van der Waals surface area contributed by atoms with Crippen molar-refractivity contribution in [1.29, 1.82) is 0 Å². The third-order valence-electron chi connectivity index (χ3n) is 4.45. The molecule has 0 saturated carbocycles. The van der Waals surface area contributed by atoms with Crippen LogP contribution in [0.4, 0.5) is 5.69 Å². The van der Waals surface area contributed by atoms with Crippen molar-refractivity contribution in [3.8, 4) is 11.4 Å². The van der Waals surface area contributed by atoms with Crippen LogP contribution in [0.15, 0.2) is 42.5 Å². The summed E-state index contributed by atoms with van der Waals surface area (Å²) in [7, 11) is 0. The minimum atomic E-state index is 0.969. The number of benzene rings is 2. The van der Waals surface area contributed by atoms with Crippen molar-refractivity contribution in [2.75, 3.05) is 18.0 Å². The van der Waals surface area contributed by atoms with E-state index in [0.717, 1.165) is 23.4 Å². The number of para-hydroxylation sites is 2. The van der Waals surface area contributed by atoms with E-state index in [1.165, 1.54) is 42.6 Å². The quantitative estimate of drug-likeness (QED) is 0.776. The highest BCUT2D eigenvalue weighted by atomic mass is 15.1. The fourth-order valence-corrected chi connectivity index (χ4v) is 3.41. The molecule has 22 heavy (non-hydrogen) atoms. The fraction of sp³-hybridized carbons (Fsp3) is 0.316. The van der Waals surface area contributed by atoms with E-state index in [9.17, 15) is 0 Å². The van der Waals surface area contributed by atoms with Crippen molar-refractivity contribution in [1.82, 2.24) is 9.97 Å². The Hall–Kier alpha value is -2.29. The van der Waals surface area contributed by atoms with Gasteiger partial charge in [0.1, 0.15) is 5.82 Å². The highest BCUT2D eigenvalue weighted by Crippen LogP contribution is 2.31. The van der Waals surface area contributed by atoms with Gasteiger partial charge in [-0.05, 0) is 55.2 Å². The SMILES string of the molecule is CCCN1CCCc2cc(-c3nc4ccccc4[nH]3)ccc21. The predicted octanol–water partition coefficient (Wildman–Crippen LogP) is 4.39. The van der Waals surface area contributed by atoms with E-state index >= 15 is 0 Å². The summed E-state index contributed by atoms with van der Waals surface area (Å²) in [6, 6.07) is 15.0. The molecule has 0 radical (unpaired) electrons. The summed E-state index contributed by atoms with van der Waals surface area (Å²) >= 11 is 0. The van der Waals surface area contributed by atoms with Crippen molar-refractivity contribution >= 4 is 16.7 Å². The highest BCUT2D eigenvalue weighted by Gasteiger charge is 2.17. The lowest BCUT2D eigenvalue weighted by atomic mass is 9.99. The van der Waals surface area contributed by atoms with E-state index in [1.807, 2.05) is 12.1 Å². The molecule has 0 bridgehead atoms. The van der Waals surface area contributed by atoms with Gasteiger partial charge >= 0.3 is 0 Å². The first-order chi connectivity index (χ1) is 10.8. The van der Waals surface area contributed by atoms with Gasteiger partial charge in [0, 0.05) is 24.3 Å². The summed E-state index contributed by atoms with van der Waals surface area (Å²) in [6.45, 7) is 4.58. The van der Waals surface area contributed by atoms with Crippen molar-refractivity contribution < 1.29 is 0 Å². The van der Waals surface area contributed by atoms with E-state index in [-0.39, 0.29) is 0 Å². The molecule has 2 heterocycles. The Labute approximate surface area is 131 Å². The van der Waals surface area contributed by atoms with Gasteiger partial charge in [-0.15, -0.1) is 0 Å². The maximum absolute atomic E-state index is 4.72. The lowest BCUT2D eigenvalue weighted by molar-refractivity contribution is 0.681. The van der Waals surface area contributed by atoms with Gasteiger partial charge < -0.3 is 9.88 Å². The molecule has 0 aliphatic carbocycles. The third-order valence-corrected chi connectivity index (χ3v) is 4.45. The van der Waals surface area contributed by atoms with Crippen molar-refractivity contribution in [3.05, 3.63) is 48.0 Å². The van der Waals surface area contributed by atoms with Crippen LogP contribution < -0.4 is 4.90 Å². The normalized spacial score (nSPS) is 14.3. The number of aromatic nitrogens is 2. The number of rotatable bonds is 3. The van der Waals surface area contributed by atoms with Crippen LogP contribution in [0.3, 0.4) is 0 Å². The van der Waals surface area contributed by atoms with Crippen LogP contribution in [0.5, 0.6) is 0 Å². The van der Waals surface area contributed by atoms with Crippen LogP contribution in [0.1, 0.15) is 25.3 Å². The molecule has 3 aromatic rings. The minimum Gasteiger partial charge on any atom is -0.371 e. The maximum atomic E-state index is 4.72. The number of imidazole rings is 1. The Balaban J connectivity index is 1.74. The van der Waals surface area contributed by atoms with E-state index in [1.54, 1.807) is 0 Å². The molecule has 1 aliphatic heterocycles. The van der Waals surface area contributed by atoms with E-state index in [4.69, 9.17) is 4.98 Å². The molecule has 0 fully saturated rings. The molecular weight excluding hydrogens is 270 g/mol. The highest BCUT2D eigenvalue weighted by molar-refractivity contribution is 5.79. The van der Waals surface area contributed by atoms with Gasteiger partial charge in [0.2, 0.25) is 0 Å². The first kappa shape index (κ1) is 13.4. The van der Waals surface area contributed by atoms with E-state index in [0.29, 0.717) is 0 Å². The van der Waals surface area contributed by atoms with Crippen LogP contribution >= 0.6 is 0 Å². The number of hydrogen-bond donors (Lipinski definition) is 1. The van der Waals surface area contributed by atoms with Crippen molar-refractivity contribution in [2.24, 2.45) is 0 Å². The number of hydrogen-bond acceptors (Lipinski definition) is 2. The Morgan fingerprint density at radius 1 is 1.18 bits per heavy atom. The van der Waals surface area contributed by atoms with Gasteiger partial charge in [-0.25, -0.2) is 4.98 Å². The smallest absolute Gasteiger partial charge is 0.138 e. The Morgan fingerprint density at radius 2 is 2.09 bits per heavy atom. The molecule has 0 amide bonds. The van der Waals surface area contributed by atoms with Gasteiger partial charge in [-0.1, -0.05) is 19.1 Å². The Bertz CT molecular complexity index is 770. The van der Waals surface area contributed by atoms with Gasteiger partial charge in [0.15, 0.2) is 0 Å². The van der Waals surface area contributed by atoms with Crippen LogP contribution in [0.25, 0.3) is 22.4 Å². The molecule has 3 heteroatoms. The topological polar surface area (TPSA) is 31.9 Å². The van der Waals surface area contributed by atoms with Crippen molar-refractivity contribution in [2.45, 2.75) is 26.2 Å². The average molecular weight is 291 g/mol. The fourth-order valence-electron chi connectivity index (χ4n) is 3.41. The molecule has 1 aromatic heterocycles. The summed E-state index contributed by atoms with van der Waals surface area (Å²) in [5, 5.41) is 0. The molecule has 112 valence electrons. The number of aromatic amines is 1. The van der Waals surface area contributed by atoms with Gasteiger partial charge in [-0.3, -0.25) is 0 Å². The second-order valence-electron chi connectivity index (χ2n) is 6.04. The molecule has 2 aromatic carbocycles. The largest absolute Gasteiger partial charge is 0.371 e. The second kappa shape index (κ2) is 5.48. The minimum absolute atomic E-state index is 0.969. The van der Waals surface area contributed by atoms with E-state index in [2.05, 4.69) is 47.1 Å². The number of H-pyrrole nitrogens is 1. The molecule has 0 saturated heterocycles. The second-order valence-corrected chi connectivity index (χ2v) is 6.04.